The van der Waals surface area contributed by atoms with E-state index in [1.807, 2.05) is 75.4 Å². The Morgan fingerprint density at radius 1 is 1.04 bits per heavy atom. The van der Waals surface area contributed by atoms with E-state index in [9.17, 15) is 26.4 Å². The maximum Gasteiger partial charge on any atom is 0.328 e. The summed E-state index contributed by atoms with van der Waals surface area (Å²) in [5.41, 5.74) is 9.10. The van der Waals surface area contributed by atoms with Crippen LogP contribution in [0.2, 0.25) is 0 Å². The monoisotopic (exact) mass is 667 g/mol. The minimum atomic E-state index is -3.67. The zero-order valence-corrected chi connectivity index (χ0v) is 27.8. The Morgan fingerprint density at radius 2 is 1.60 bits per heavy atom. The van der Waals surface area contributed by atoms with E-state index in [2.05, 4.69) is 4.98 Å². The number of para-hydroxylation sites is 1. The number of fused-ring (bicyclic) bond motifs is 1. The Bertz CT molecular complexity index is 1650. The van der Waals surface area contributed by atoms with Crippen molar-refractivity contribution < 1.29 is 45.0 Å². The van der Waals surface area contributed by atoms with Gasteiger partial charge >= 0.3 is 5.97 Å². The number of nitrogens with two attached hydrogens (primary N) is 1. The summed E-state index contributed by atoms with van der Waals surface area (Å²) in [6.45, 7) is 6.81. The number of esters is 1. The van der Waals surface area contributed by atoms with E-state index >= 15 is 0 Å². The topological polar surface area (TPSA) is 203 Å². The summed E-state index contributed by atoms with van der Waals surface area (Å²) >= 11 is 0. The van der Waals surface area contributed by atoms with E-state index in [0.717, 1.165) is 22.2 Å². The second-order valence-electron chi connectivity index (χ2n) is 11.1. The molecule has 1 aliphatic rings. The number of rotatable bonds is 8. The van der Waals surface area contributed by atoms with E-state index in [-0.39, 0.29) is 11.8 Å². The van der Waals surface area contributed by atoms with Crippen LogP contribution in [0.5, 0.6) is 5.75 Å². The number of likely N-dealkylation sites (tertiary alicyclic amines) is 1. The van der Waals surface area contributed by atoms with Crippen LogP contribution in [0.4, 0.5) is 0 Å². The summed E-state index contributed by atoms with van der Waals surface area (Å²) in [5.74, 6) is 0.266. The zero-order valence-electron chi connectivity index (χ0n) is 26.1. The van der Waals surface area contributed by atoms with Gasteiger partial charge in [0, 0.05) is 23.2 Å². The van der Waals surface area contributed by atoms with Crippen LogP contribution in [0.15, 0.2) is 54.6 Å². The lowest BCUT2D eigenvalue weighted by molar-refractivity contribution is -0.153. The minimum Gasteiger partial charge on any atom is -0.489 e. The molecule has 1 fully saturated rings. The van der Waals surface area contributed by atoms with Crippen LogP contribution in [-0.4, -0.2) is 79.9 Å². The van der Waals surface area contributed by atoms with Crippen LogP contribution < -0.4 is 10.5 Å². The Morgan fingerprint density at radius 3 is 2.13 bits per heavy atom. The molecule has 0 radical (unpaired) electrons. The highest BCUT2D eigenvalue weighted by molar-refractivity contribution is 7.85. The van der Waals surface area contributed by atoms with Gasteiger partial charge in [-0.25, -0.2) is 4.79 Å². The van der Waals surface area contributed by atoms with Gasteiger partial charge < -0.3 is 20.1 Å². The number of carbonyl (C=O) groups is 2. The highest BCUT2D eigenvalue weighted by Crippen LogP contribution is 2.34. The van der Waals surface area contributed by atoms with Crippen LogP contribution in [-0.2, 0) is 46.7 Å². The van der Waals surface area contributed by atoms with E-state index in [1.54, 1.807) is 4.90 Å². The Hall–Kier alpha value is -3.63. The smallest absolute Gasteiger partial charge is 0.328 e. The number of methoxy groups -OCH3 is 1. The molecule has 13 nitrogen and oxygen atoms in total. The predicted molar refractivity (Wildman–Crippen MR) is 170 cm³/mol. The molecule has 1 amide bonds. The SMILES string of the molecule is COC(=O)[C@@H](CC(C)C)N1CC[C@@](N)(c2ccc(OCc3cc(C)nc4ccccc34)cc2)C1=O.CS(=O)(=O)O.CS(=O)(=O)O. The number of hydrogen-bond donors (Lipinski definition) is 3. The molecule has 3 aromatic rings. The molecule has 45 heavy (non-hydrogen) atoms. The van der Waals surface area contributed by atoms with Crippen LogP contribution in [0, 0.1) is 12.8 Å². The third-order valence-electron chi connectivity index (χ3n) is 6.63. The van der Waals surface area contributed by atoms with Gasteiger partial charge in [-0.3, -0.25) is 18.9 Å². The standard InChI is InChI=1S/C28H33N3O4.2CH4O3S/c1-18(2)15-25(26(32)34-4)31-14-13-28(29,27(31)33)21-9-11-22(12-10-21)35-17-20-16-19(3)30-24-8-6-5-7-23(20)24;2*1-5(2,3)4/h5-12,16,18,25H,13-15,17,29H2,1-4H3;2*1H3,(H,2,3,4)/t25-,28-;;/m1../s1. The first-order chi connectivity index (χ1) is 20.7. The maximum atomic E-state index is 13.4. The molecule has 0 aliphatic carbocycles. The number of amides is 1. The fourth-order valence-electron chi connectivity index (χ4n) is 4.78. The van der Waals surface area contributed by atoms with Crippen molar-refractivity contribution in [2.24, 2.45) is 11.7 Å². The Labute approximate surface area is 264 Å². The Balaban J connectivity index is 0.000000613. The Kier molecular flexibility index (Phi) is 13.0. The average Bonchev–Trinajstić information content (AvgIpc) is 3.22. The van der Waals surface area contributed by atoms with E-state index in [1.165, 1.54) is 7.11 Å². The van der Waals surface area contributed by atoms with Crippen molar-refractivity contribution in [2.75, 3.05) is 26.2 Å². The lowest BCUT2D eigenvalue weighted by atomic mass is 9.89. The van der Waals surface area contributed by atoms with Gasteiger partial charge in [-0.2, -0.15) is 16.8 Å². The minimum absolute atomic E-state index is 0.234. The van der Waals surface area contributed by atoms with E-state index in [4.69, 9.17) is 24.3 Å². The summed E-state index contributed by atoms with van der Waals surface area (Å²) in [7, 11) is -5.99. The highest BCUT2D eigenvalue weighted by atomic mass is 32.2. The van der Waals surface area contributed by atoms with E-state index < -0.39 is 37.8 Å². The molecule has 4 N–H and O–H groups in total. The van der Waals surface area contributed by atoms with Crippen molar-refractivity contribution in [2.45, 2.75) is 51.8 Å². The largest absolute Gasteiger partial charge is 0.489 e. The van der Waals surface area contributed by atoms with Gasteiger partial charge in [0.2, 0.25) is 5.91 Å². The van der Waals surface area contributed by atoms with Gasteiger partial charge in [0.05, 0.1) is 25.1 Å². The summed E-state index contributed by atoms with van der Waals surface area (Å²) in [6, 6.07) is 16.8. The molecule has 248 valence electrons. The molecule has 1 saturated heterocycles. The van der Waals surface area contributed by atoms with Gasteiger partial charge in [0.25, 0.3) is 20.2 Å². The van der Waals surface area contributed by atoms with Gasteiger partial charge in [0.1, 0.15) is 23.9 Å². The number of benzene rings is 2. The fourth-order valence-corrected chi connectivity index (χ4v) is 4.78. The first-order valence-electron chi connectivity index (χ1n) is 13.8. The van der Waals surface area contributed by atoms with Gasteiger partial charge in [-0.1, -0.05) is 44.2 Å². The predicted octanol–water partition coefficient (Wildman–Crippen LogP) is 3.10. The van der Waals surface area contributed by atoms with Crippen LogP contribution in [0.3, 0.4) is 0 Å². The lowest BCUT2D eigenvalue weighted by Crippen LogP contribution is -2.50. The molecular weight excluding hydrogens is 626 g/mol. The van der Waals surface area contributed by atoms with Crippen molar-refractivity contribution in [3.05, 3.63) is 71.4 Å². The van der Waals surface area contributed by atoms with Crippen molar-refractivity contribution >= 4 is 43.0 Å². The lowest BCUT2D eigenvalue weighted by Gasteiger charge is -2.29. The number of nitrogens with zero attached hydrogens (tertiary/aromatic N) is 2. The number of pyridine rings is 1. The number of hydrogen-bond acceptors (Lipinski definition) is 10. The molecule has 0 saturated carbocycles. The van der Waals surface area contributed by atoms with Crippen LogP contribution >= 0.6 is 0 Å². The highest BCUT2D eigenvalue weighted by Gasteiger charge is 2.48. The normalized spacial score (nSPS) is 17.2. The van der Waals surface area contributed by atoms with Crippen molar-refractivity contribution in [3.63, 3.8) is 0 Å². The summed E-state index contributed by atoms with van der Waals surface area (Å²) in [6.07, 6.45) is 2.39. The second-order valence-corrected chi connectivity index (χ2v) is 14.0. The number of aromatic nitrogens is 1. The van der Waals surface area contributed by atoms with Crippen molar-refractivity contribution in [1.82, 2.24) is 9.88 Å². The summed E-state index contributed by atoms with van der Waals surface area (Å²) < 4.78 is 62.8. The summed E-state index contributed by atoms with van der Waals surface area (Å²) in [4.78, 5) is 31.9. The van der Waals surface area contributed by atoms with E-state index in [0.29, 0.717) is 49.8 Å². The summed E-state index contributed by atoms with van der Waals surface area (Å²) in [5, 5.41) is 1.06. The van der Waals surface area contributed by atoms with Crippen LogP contribution in [0.25, 0.3) is 10.9 Å². The van der Waals surface area contributed by atoms with Crippen molar-refractivity contribution in [3.8, 4) is 5.75 Å². The number of carbonyl (C=O) groups excluding carboxylic acids is 2. The molecule has 0 spiro atoms. The molecule has 4 rings (SSSR count). The quantitative estimate of drug-likeness (QED) is 0.234. The molecular formula is C30H41N3O10S2. The molecule has 2 heterocycles. The van der Waals surface area contributed by atoms with Gasteiger partial charge in [0.15, 0.2) is 0 Å². The third-order valence-corrected chi connectivity index (χ3v) is 6.63. The van der Waals surface area contributed by atoms with Gasteiger partial charge in [-0.15, -0.1) is 0 Å². The maximum absolute atomic E-state index is 13.4. The molecule has 2 aromatic carbocycles. The molecule has 1 aromatic heterocycles. The average molecular weight is 668 g/mol. The fraction of sp³-hybridized carbons (Fsp3) is 0.433. The third kappa shape index (κ3) is 12.0. The first-order valence-corrected chi connectivity index (χ1v) is 17.5. The van der Waals surface area contributed by atoms with Gasteiger partial charge in [-0.05, 0) is 55.5 Å². The second kappa shape index (κ2) is 15.6. The number of ether oxygens (including phenoxy) is 2. The molecule has 0 bridgehead atoms. The zero-order chi connectivity index (χ0) is 34.2. The molecule has 0 unspecified atom stereocenters. The van der Waals surface area contributed by atoms with Crippen LogP contribution in [0.1, 0.15) is 43.5 Å². The first kappa shape index (κ1) is 37.6. The molecule has 2 atom stereocenters. The molecule has 15 heteroatoms. The molecule has 1 aliphatic heterocycles. The number of aryl methyl sites for hydroxylation is 1. The van der Waals surface area contributed by atoms with Crippen molar-refractivity contribution in [1.29, 1.82) is 0 Å².